The molecule has 1 unspecified atom stereocenters. The summed E-state index contributed by atoms with van der Waals surface area (Å²) in [5.74, 6) is -4.24. The van der Waals surface area contributed by atoms with Crippen molar-refractivity contribution in [3.8, 4) is 0 Å². The molecule has 1 atom stereocenters. The van der Waals surface area contributed by atoms with E-state index in [1.54, 1.807) is 0 Å². The van der Waals surface area contributed by atoms with Crippen molar-refractivity contribution in [1.82, 2.24) is 0 Å². The van der Waals surface area contributed by atoms with Gasteiger partial charge in [0, 0.05) is 0 Å². The van der Waals surface area contributed by atoms with Gasteiger partial charge in [0.15, 0.2) is 0 Å². The average molecular weight is 166 g/mol. The predicted octanol–water partition coefficient (Wildman–Crippen LogP) is -1.89. The van der Waals surface area contributed by atoms with E-state index in [1.807, 2.05) is 0 Å². The van der Waals surface area contributed by atoms with Crippen molar-refractivity contribution >= 4 is 5.97 Å². The van der Waals surface area contributed by atoms with Crippen molar-refractivity contribution in [2.75, 3.05) is 6.61 Å². The van der Waals surface area contributed by atoms with Gasteiger partial charge >= 0.3 is 11.9 Å². The standard InChI is InChI=1S/C5H10O6/c1-3(5(8,9)10)11-2-4(6)7/h3,8-10H,2H2,1H3,(H,6,7). The molecule has 6 heteroatoms. The third-order valence-corrected chi connectivity index (χ3v) is 1.00. The number of carboxylic acids is 1. The van der Waals surface area contributed by atoms with E-state index in [4.69, 9.17) is 20.4 Å². The van der Waals surface area contributed by atoms with Crippen LogP contribution < -0.4 is 0 Å². The molecule has 0 aromatic carbocycles. The monoisotopic (exact) mass is 166 g/mol. The van der Waals surface area contributed by atoms with Crippen molar-refractivity contribution < 1.29 is 30.0 Å². The smallest absolute Gasteiger partial charge is 0.329 e. The molecule has 6 nitrogen and oxygen atoms in total. The maximum atomic E-state index is 9.86. The number of carboxylic acid groups (broad SMARTS) is 1. The maximum absolute atomic E-state index is 9.86. The molecule has 0 rings (SSSR count). The van der Waals surface area contributed by atoms with Crippen LogP contribution >= 0.6 is 0 Å². The van der Waals surface area contributed by atoms with Gasteiger partial charge < -0.3 is 25.2 Å². The molecule has 0 spiro atoms. The highest BCUT2D eigenvalue weighted by molar-refractivity contribution is 5.68. The fourth-order valence-corrected chi connectivity index (χ4v) is 0.308. The summed E-state index contributed by atoms with van der Waals surface area (Å²) >= 11 is 0. The zero-order valence-electron chi connectivity index (χ0n) is 5.89. The quantitative estimate of drug-likeness (QED) is 0.363. The lowest BCUT2D eigenvalue weighted by Gasteiger charge is -2.21. The normalized spacial score (nSPS) is 14.5. The number of carbonyl (C=O) groups is 1. The van der Waals surface area contributed by atoms with E-state index in [0.717, 1.165) is 6.92 Å². The van der Waals surface area contributed by atoms with Gasteiger partial charge in [-0.2, -0.15) is 0 Å². The van der Waals surface area contributed by atoms with E-state index < -0.39 is 24.7 Å². The molecule has 4 N–H and O–H groups in total. The summed E-state index contributed by atoms with van der Waals surface area (Å²) in [6, 6.07) is 0. The number of rotatable bonds is 4. The Bertz CT molecular complexity index is 136. The van der Waals surface area contributed by atoms with Crippen LogP contribution in [0.25, 0.3) is 0 Å². The Balaban J connectivity index is 3.70. The zero-order valence-corrected chi connectivity index (χ0v) is 5.89. The largest absolute Gasteiger partial charge is 0.480 e. The molecule has 0 aliphatic rings. The van der Waals surface area contributed by atoms with Crippen molar-refractivity contribution in [2.24, 2.45) is 0 Å². The van der Waals surface area contributed by atoms with Crippen LogP contribution in [-0.2, 0) is 9.53 Å². The Morgan fingerprint density at radius 2 is 2.00 bits per heavy atom. The lowest BCUT2D eigenvalue weighted by atomic mass is 10.3. The second kappa shape index (κ2) is 3.63. The SMILES string of the molecule is CC(OCC(=O)O)C(O)(O)O. The fourth-order valence-electron chi connectivity index (χ4n) is 0.308. The van der Waals surface area contributed by atoms with Crippen molar-refractivity contribution in [3.63, 3.8) is 0 Å². The van der Waals surface area contributed by atoms with Gasteiger partial charge in [-0.25, -0.2) is 4.79 Å². The summed E-state index contributed by atoms with van der Waals surface area (Å²) < 4.78 is 4.32. The molecule has 0 saturated carbocycles. The molecule has 66 valence electrons. The first-order valence-electron chi connectivity index (χ1n) is 2.84. The molecular weight excluding hydrogens is 156 g/mol. The first kappa shape index (κ1) is 10.3. The van der Waals surface area contributed by atoms with Crippen LogP contribution in [0.5, 0.6) is 0 Å². The van der Waals surface area contributed by atoms with Crippen LogP contribution in [0.2, 0.25) is 0 Å². The molecule has 0 aromatic rings. The number of aliphatic carboxylic acids is 1. The van der Waals surface area contributed by atoms with E-state index in [9.17, 15) is 4.79 Å². The van der Waals surface area contributed by atoms with E-state index in [0.29, 0.717) is 0 Å². The Labute approximate surface area is 62.7 Å². The molecule has 11 heavy (non-hydrogen) atoms. The lowest BCUT2D eigenvalue weighted by Crippen LogP contribution is -2.42. The lowest BCUT2D eigenvalue weighted by molar-refractivity contribution is -0.356. The molecule has 0 radical (unpaired) electrons. The Morgan fingerprint density at radius 3 is 2.27 bits per heavy atom. The molecule has 0 aliphatic carbocycles. The Kier molecular flexibility index (Phi) is 3.40. The van der Waals surface area contributed by atoms with E-state index in [-0.39, 0.29) is 0 Å². The molecule has 0 aromatic heterocycles. The van der Waals surface area contributed by atoms with Gasteiger partial charge in [0.2, 0.25) is 0 Å². The van der Waals surface area contributed by atoms with Crippen LogP contribution in [0.1, 0.15) is 6.92 Å². The van der Waals surface area contributed by atoms with Crippen molar-refractivity contribution in [2.45, 2.75) is 19.0 Å². The highest BCUT2D eigenvalue weighted by Crippen LogP contribution is 2.04. The molecule has 0 aliphatic heterocycles. The minimum absolute atomic E-state index is 0.690. The molecule has 0 amide bonds. The number of hydrogen-bond acceptors (Lipinski definition) is 5. The average Bonchev–Trinajstić information content (AvgIpc) is 1.80. The van der Waals surface area contributed by atoms with Crippen LogP contribution in [0.15, 0.2) is 0 Å². The van der Waals surface area contributed by atoms with Gasteiger partial charge in [-0.3, -0.25) is 0 Å². The third kappa shape index (κ3) is 4.68. The van der Waals surface area contributed by atoms with Crippen LogP contribution in [0, 0.1) is 0 Å². The minimum Gasteiger partial charge on any atom is -0.480 e. The molecule has 0 bridgehead atoms. The first-order valence-corrected chi connectivity index (χ1v) is 2.84. The molecular formula is C5H10O6. The summed E-state index contributed by atoms with van der Waals surface area (Å²) in [5, 5.41) is 33.2. The molecule has 0 saturated heterocycles. The summed E-state index contributed by atoms with van der Waals surface area (Å²) in [4.78, 5) is 9.86. The highest BCUT2D eigenvalue weighted by atomic mass is 16.7. The van der Waals surface area contributed by atoms with Gasteiger partial charge in [0.25, 0.3) is 0 Å². The van der Waals surface area contributed by atoms with Crippen molar-refractivity contribution in [1.29, 1.82) is 0 Å². The number of ether oxygens (including phenoxy) is 1. The van der Waals surface area contributed by atoms with E-state index >= 15 is 0 Å². The zero-order chi connectivity index (χ0) is 9.07. The van der Waals surface area contributed by atoms with Gasteiger partial charge in [-0.15, -0.1) is 0 Å². The highest BCUT2D eigenvalue weighted by Gasteiger charge is 2.29. The van der Waals surface area contributed by atoms with Crippen LogP contribution in [0.3, 0.4) is 0 Å². The molecule has 0 heterocycles. The second-order valence-electron chi connectivity index (χ2n) is 2.03. The summed E-state index contributed by atoms with van der Waals surface area (Å²) in [7, 11) is 0. The Morgan fingerprint density at radius 1 is 1.55 bits per heavy atom. The van der Waals surface area contributed by atoms with Gasteiger partial charge in [0.05, 0.1) is 0 Å². The third-order valence-electron chi connectivity index (χ3n) is 1.00. The van der Waals surface area contributed by atoms with Crippen LogP contribution in [0.4, 0.5) is 0 Å². The van der Waals surface area contributed by atoms with Gasteiger partial charge in [-0.1, -0.05) is 0 Å². The summed E-state index contributed by atoms with van der Waals surface area (Å²) in [5.41, 5.74) is 0. The van der Waals surface area contributed by atoms with Gasteiger partial charge in [0.1, 0.15) is 12.7 Å². The van der Waals surface area contributed by atoms with Crippen LogP contribution in [-0.4, -0.2) is 45.1 Å². The summed E-state index contributed by atoms with van der Waals surface area (Å²) in [6.45, 7) is 0.438. The maximum Gasteiger partial charge on any atom is 0.329 e. The fraction of sp³-hybridized carbons (Fsp3) is 0.800. The number of hydrogen-bond donors (Lipinski definition) is 4. The second-order valence-corrected chi connectivity index (χ2v) is 2.03. The van der Waals surface area contributed by atoms with E-state index in [2.05, 4.69) is 4.74 Å². The first-order chi connectivity index (χ1) is 4.84. The molecule has 0 fully saturated rings. The summed E-state index contributed by atoms with van der Waals surface area (Å²) in [6.07, 6.45) is -1.36. The number of aliphatic hydroxyl groups is 3. The van der Waals surface area contributed by atoms with Gasteiger partial charge in [-0.05, 0) is 6.92 Å². The topological polar surface area (TPSA) is 107 Å². The Hall–Kier alpha value is -0.690. The minimum atomic E-state index is -2.99. The predicted molar refractivity (Wildman–Crippen MR) is 32.4 cm³/mol. The van der Waals surface area contributed by atoms with Crippen molar-refractivity contribution in [3.05, 3.63) is 0 Å². The van der Waals surface area contributed by atoms with E-state index in [1.165, 1.54) is 0 Å².